The number of hydrogen-bond acceptors (Lipinski definition) is 3. The molecule has 26 heavy (non-hydrogen) atoms. The maximum absolute atomic E-state index is 13.5. The highest BCUT2D eigenvalue weighted by Gasteiger charge is 2.38. The van der Waals surface area contributed by atoms with Crippen molar-refractivity contribution in [1.82, 2.24) is 5.32 Å². The van der Waals surface area contributed by atoms with E-state index >= 15 is 0 Å². The first-order valence-electron chi connectivity index (χ1n) is 7.48. The van der Waals surface area contributed by atoms with Gasteiger partial charge in [0.2, 0.25) is 0 Å². The number of alkyl halides is 3. The number of carboxylic acid groups (broad SMARTS) is 1. The van der Waals surface area contributed by atoms with Crippen molar-refractivity contribution in [2.24, 2.45) is 0 Å². The lowest BCUT2D eigenvalue weighted by molar-refractivity contribution is -0.142. The van der Waals surface area contributed by atoms with Gasteiger partial charge in [-0.05, 0) is 51.3 Å². The van der Waals surface area contributed by atoms with E-state index in [1.165, 1.54) is 0 Å². The van der Waals surface area contributed by atoms with Crippen LogP contribution in [0.5, 0.6) is 0 Å². The number of carbonyl (C=O) groups is 2. The molecule has 1 aromatic carbocycles. The molecular formula is C16H18F5NO4. The van der Waals surface area contributed by atoms with Crippen molar-refractivity contribution in [3.05, 3.63) is 34.9 Å². The molecule has 2 N–H and O–H groups in total. The van der Waals surface area contributed by atoms with Gasteiger partial charge in [0.05, 0.1) is 0 Å². The summed E-state index contributed by atoms with van der Waals surface area (Å²) < 4.78 is 69.5. The molecule has 1 atom stereocenters. The van der Waals surface area contributed by atoms with E-state index in [9.17, 15) is 31.5 Å². The molecule has 146 valence electrons. The molecule has 10 heteroatoms. The number of amides is 1. The molecule has 0 radical (unpaired) electrons. The monoisotopic (exact) mass is 383 g/mol. The predicted octanol–water partition coefficient (Wildman–Crippen LogP) is 3.89. The van der Waals surface area contributed by atoms with Crippen LogP contribution in [0, 0.1) is 11.6 Å². The Morgan fingerprint density at radius 3 is 2.04 bits per heavy atom. The van der Waals surface area contributed by atoms with Crippen LogP contribution in [0.25, 0.3) is 0 Å². The van der Waals surface area contributed by atoms with Gasteiger partial charge in [-0.15, -0.1) is 0 Å². The first kappa shape index (κ1) is 21.7. The topological polar surface area (TPSA) is 75.6 Å². The van der Waals surface area contributed by atoms with Crippen molar-refractivity contribution in [2.45, 2.75) is 51.4 Å². The molecule has 0 aliphatic carbocycles. The van der Waals surface area contributed by atoms with Crippen molar-refractivity contribution >= 4 is 12.1 Å². The molecule has 1 unspecified atom stereocenters. The highest BCUT2D eigenvalue weighted by Crippen LogP contribution is 2.34. The van der Waals surface area contributed by atoms with Crippen molar-refractivity contribution in [3.8, 4) is 0 Å². The van der Waals surface area contributed by atoms with Crippen LogP contribution >= 0.6 is 0 Å². The smallest absolute Gasteiger partial charge is 0.422 e. The molecule has 0 aromatic heterocycles. The number of aliphatic carboxylic acids is 1. The quantitative estimate of drug-likeness (QED) is 0.757. The van der Waals surface area contributed by atoms with Crippen LogP contribution in [0.15, 0.2) is 12.1 Å². The van der Waals surface area contributed by atoms with Crippen molar-refractivity contribution in [3.63, 3.8) is 0 Å². The number of rotatable bonds is 5. The van der Waals surface area contributed by atoms with Crippen LogP contribution < -0.4 is 5.32 Å². The number of aryl methyl sites for hydroxylation is 1. The van der Waals surface area contributed by atoms with Gasteiger partial charge < -0.3 is 15.2 Å². The van der Waals surface area contributed by atoms with E-state index in [0.29, 0.717) is 12.1 Å². The lowest BCUT2D eigenvalue weighted by atomic mass is 10.0. The fourth-order valence-electron chi connectivity index (χ4n) is 2.06. The maximum Gasteiger partial charge on any atom is 0.422 e. The Bertz CT molecular complexity index is 659. The van der Waals surface area contributed by atoms with E-state index in [2.05, 4.69) is 5.32 Å². The highest BCUT2D eigenvalue weighted by atomic mass is 19.4. The number of carboxylic acids is 1. The molecular weight excluding hydrogens is 365 g/mol. The molecule has 1 rings (SSSR count). The highest BCUT2D eigenvalue weighted by molar-refractivity contribution is 5.80. The molecule has 0 aliphatic heterocycles. The largest absolute Gasteiger partial charge is 0.480 e. The first-order valence-corrected chi connectivity index (χ1v) is 7.48. The fourth-order valence-corrected chi connectivity index (χ4v) is 2.06. The Balaban J connectivity index is 2.85. The summed E-state index contributed by atoms with van der Waals surface area (Å²) in [4.78, 5) is 22.8. The summed E-state index contributed by atoms with van der Waals surface area (Å²) in [5.74, 6) is -5.01. The molecule has 0 spiro atoms. The predicted molar refractivity (Wildman–Crippen MR) is 80.5 cm³/mol. The van der Waals surface area contributed by atoms with Gasteiger partial charge in [-0.25, -0.2) is 18.4 Å². The van der Waals surface area contributed by atoms with Crippen LogP contribution in [0.2, 0.25) is 0 Å². The van der Waals surface area contributed by atoms with Gasteiger partial charge >= 0.3 is 18.2 Å². The molecule has 0 aliphatic rings. The van der Waals surface area contributed by atoms with E-state index in [1.54, 1.807) is 20.8 Å². The second-order valence-electron chi connectivity index (χ2n) is 6.51. The number of ether oxygens (including phenoxy) is 1. The average Bonchev–Trinajstić information content (AvgIpc) is 2.38. The zero-order valence-corrected chi connectivity index (χ0v) is 14.2. The minimum Gasteiger partial charge on any atom is -0.480 e. The third-order valence-corrected chi connectivity index (χ3v) is 3.10. The summed E-state index contributed by atoms with van der Waals surface area (Å²) in [5, 5.41) is 11.2. The SMILES string of the molecule is CC(C)(C)OC(=O)NC(CCc1cc(F)c(C(F)(F)F)c(F)c1)C(=O)O. The minimum absolute atomic E-state index is 0.176. The molecule has 0 fully saturated rings. The van der Waals surface area contributed by atoms with Gasteiger partial charge in [0, 0.05) is 0 Å². The van der Waals surface area contributed by atoms with Crippen LogP contribution in [0.3, 0.4) is 0 Å². The second kappa shape index (κ2) is 7.88. The molecule has 0 saturated heterocycles. The molecule has 0 bridgehead atoms. The molecule has 5 nitrogen and oxygen atoms in total. The van der Waals surface area contributed by atoms with Gasteiger partial charge in [0.25, 0.3) is 0 Å². The van der Waals surface area contributed by atoms with E-state index in [4.69, 9.17) is 9.84 Å². The van der Waals surface area contributed by atoms with Gasteiger partial charge in [-0.3, -0.25) is 0 Å². The van der Waals surface area contributed by atoms with Gasteiger partial charge in [-0.2, -0.15) is 13.2 Å². The third kappa shape index (κ3) is 6.49. The Morgan fingerprint density at radius 1 is 1.15 bits per heavy atom. The van der Waals surface area contributed by atoms with Crippen molar-refractivity contribution in [2.75, 3.05) is 0 Å². The molecule has 0 saturated carbocycles. The van der Waals surface area contributed by atoms with Crippen LogP contribution in [-0.2, 0) is 22.1 Å². The zero-order chi connectivity index (χ0) is 20.3. The number of benzene rings is 1. The lowest BCUT2D eigenvalue weighted by Crippen LogP contribution is -2.43. The third-order valence-electron chi connectivity index (χ3n) is 3.10. The van der Waals surface area contributed by atoms with Crippen molar-refractivity contribution in [1.29, 1.82) is 0 Å². The Hall–Kier alpha value is -2.39. The van der Waals surface area contributed by atoms with Gasteiger partial charge in [-0.1, -0.05) is 0 Å². The summed E-state index contributed by atoms with van der Waals surface area (Å²) in [6.07, 6.45) is -6.78. The van der Waals surface area contributed by atoms with Crippen LogP contribution in [-0.4, -0.2) is 28.8 Å². The minimum atomic E-state index is -5.19. The van der Waals surface area contributed by atoms with E-state index in [1.807, 2.05) is 0 Å². The zero-order valence-electron chi connectivity index (χ0n) is 14.2. The Labute approximate surface area is 146 Å². The van der Waals surface area contributed by atoms with E-state index in [0.717, 1.165) is 0 Å². The molecule has 1 aromatic rings. The van der Waals surface area contributed by atoms with E-state index < -0.39 is 47.1 Å². The first-order chi connectivity index (χ1) is 11.7. The number of hydrogen-bond donors (Lipinski definition) is 2. The van der Waals surface area contributed by atoms with Gasteiger partial charge in [0.15, 0.2) is 0 Å². The summed E-state index contributed by atoms with van der Waals surface area (Å²) >= 11 is 0. The molecule has 1 amide bonds. The lowest BCUT2D eigenvalue weighted by Gasteiger charge is -2.22. The molecule has 0 heterocycles. The van der Waals surface area contributed by atoms with Crippen molar-refractivity contribution < 1.29 is 41.4 Å². The number of alkyl carbamates (subject to hydrolysis) is 1. The van der Waals surface area contributed by atoms with Crippen LogP contribution in [0.4, 0.5) is 26.7 Å². The maximum atomic E-state index is 13.5. The Kier molecular flexibility index (Phi) is 6.56. The van der Waals surface area contributed by atoms with Crippen LogP contribution in [0.1, 0.15) is 38.3 Å². The van der Waals surface area contributed by atoms with Gasteiger partial charge in [0.1, 0.15) is 28.8 Å². The summed E-state index contributed by atoms with van der Waals surface area (Å²) in [6.45, 7) is 4.70. The second-order valence-corrected chi connectivity index (χ2v) is 6.51. The number of nitrogens with one attached hydrogen (secondary N) is 1. The average molecular weight is 383 g/mol. The standard InChI is InChI=1S/C16H18F5NO4/c1-15(2,3)26-14(25)22-11(13(23)24)5-4-8-6-9(17)12(10(18)7-8)16(19,20)21/h6-7,11H,4-5H2,1-3H3,(H,22,25)(H,23,24). The number of halogens is 5. The summed E-state index contributed by atoms with van der Waals surface area (Å²) in [5.41, 5.74) is -3.06. The number of carbonyl (C=O) groups excluding carboxylic acids is 1. The Morgan fingerprint density at radius 2 is 1.65 bits per heavy atom. The normalized spacial score (nSPS) is 13.2. The summed E-state index contributed by atoms with van der Waals surface area (Å²) in [7, 11) is 0. The summed E-state index contributed by atoms with van der Waals surface area (Å²) in [6, 6.07) is -0.477. The van der Waals surface area contributed by atoms with E-state index in [-0.39, 0.29) is 18.4 Å². The fraction of sp³-hybridized carbons (Fsp3) is 0.500.